The number of likely N-dealkylation sites (tertiary alicyclic amines) is 1. The number of rotatable bonds is 1. The van der Waals surface area contributed by atoms with E-state index >= 15 is 0 Å². The van der Waals surface area contributed by atoms with Gasteiger partial charge in [0.05, 0.1) is 6.04 Å². The molecule has 1 aliphatic rings. The Morgan fingerprint density at radius 1 is 1.58 bits per heavy atom. The van der Waals surface area contributed by atoms with Gasteiger partial charge in [-0.05, 0) is 11.8 Å². The van der Waals surface area contributed by atoms with Crippen molar-refractivity contribution in [3.05, 3.63) is 0 Å². The first-order valence-corrected chi connectivity index (χ1v) is 4.44. The van der Waals surface area contributed by atoms with Crippen LogP contribution in [0.1, 0.15) is 27.2 Å². The van der Waals surface area contributed by atoms with Crippen LogP contribution in [0.3, 0.4) is 0 Å². The van der Waals surface area contributed by atoms with E-state index in [4.69, 9.17) is 5.73 Å². The maximum atomic E-state index is 11.4. The lowest BCUT2D eigenvalue weighted by atomic mass is 9.96. The van der Waals surface area contributed by atoms with Crippen molar-refractivity contribution in [3.8, 4) is 0 Å². The maximum absolute atomic E-state index is 11.4. The second kappa shape index (κ2) is 3.05. The van der Waals surface area contributed by atoms with Crippen LogP contribution in [0.2, 0.25) is 0 Å². The molecule has 0 aliphatic carbocycles. The number of carbonyl (C=O) groups excluding carboxylic acids is 1. The summed E-state index contributed by atoms with van der Waals surface area (Å²) in [7, 11) is 0. The molecule has 12 heavy (non-hydrogen) atoms. The van der Waals surface area contributed by atoms with E-state index in [0.717, 1.165) is 19.5 Å². The van der Waals surface area contributed by atoms with Crippen molar-refractivity contribution < 1.29 is 4.79 Å². The smallest absolute Gasteiger partial charge is 0.239 e. The fraction of sp³-hybridized carbons (Fsp3) is 0.889. The zero-order chi connectivity index (χ0) is 9.35. The maximum Gasteiger partial charge on any atom is 0.239 e. The van der Waals surface area contributed by atoms with E-state index in [0.29, 0.717) is 0 Å². The largest absolute Gasteiger partial charge is 0.341 e. The van der Waals surface area contributed by atoms with Gasteiger partial charge >= 0.3 is 0 Å². The Balaban J connectivity index is 2.50. The summed E-state index contributed by atoms with van der Waals surface area (Å²) in [5, 5.41) is 0. The first kappa shape index (κ1) is 9.52. The average molecular weight is 170 g/mol. The molecule has 2 N–H and O–H groups in total. The van der Waals surface area contributed by atoms with E-state index in [1.807, 2.05) is 4.90 Å². The summed E-state index contributed by atoms with van der Waals surface area (Å²) in [4.78, 5) is 13.2. The summed E-state index contributed by atoms with van der Waals surface area (Å²) < 4.78 is 0. The molecule has 0 saturated carbocycles. The number of nitrogens with zero attached hydrogens (tertiary/aromatic N) is 1. The summed E-state index contributed by atoms with van der Waals surface area (Å²) in [6.07, 6.45) is 0.814. The van der Waals surface area contributed by atoms with Crippen LogP contribution in [0.15, 0.2) is 0 Å². The first-order valence-electron chi connectivity index (χ1n) is 4.44. The molecule has 70 valence electrons. The van der Waals surface area contributed by atoms with Crippen LogP contribution in [0.25, 0.3) is 0 Å². The summed E-state index contributed by atoms with van der Waals surface area (Å²) >= 11 is 0. The number of nitrogens with two attached hydrogens (primary N) is 1. The van der Waals surface area contributed by atoms with Gasteiger partial charge in [0, 0.05) is 13.1 Å². The Morgan fingerprint density at radius 2 is 2.17 bits per heavy atom. The monoisotopic (exact) mass is 170 g/mol. The predicted molar refractivity (Wildman–Crippen MR) is 48.6 cm³/mol. The van der Waals surface area contributed by atoms with Crippen molar-refractivity contribution in [1.29, 1.82) is 0 Å². The molecule has 1 fully saturated rings. The highest BCUT2D eigenvalue weighted by Crippen LogP contribution is 2.19. The Labute approximate surface area is 73.9 Å². The van der Waals surface area contributed by atoms with Crippen LogP contribution in [0.4, 0.5) is 0 Å². The van der Waals surface area contributed by atoms with E-state index in [-0.39, 0.29) is 17.4 Å². The average Bonchev–Trinajstić information content (AvgIpc) is 2.16. The molecular formula is C9H18N2O. The van der Waals surface area contributed by atoms with E-state index in [2.05, 4.69) is 20.8 Å². The van der Waals surface area contributed by atoms with Gasteiger partial charge in [0.1, 0.15) is 0 Å². The number of carbonyl (C=O) groups is 1. The first-order chi connectivity index (χ1) is 5.40. The van der Waals surface area contributed by atoms with Crippen LogP contribution >= 0.6 is 0 Å². The topological polar surface area (TPSA) is 46.3 Å². The minimum Gasteiger partial charge on any atom is -0.341 e. The zero-order valence-electron chi connectivity index (χ0n) is 8.13. The molecule has 3 heteroatoms. The van der Waals surface area contributed by atoms with Crippen molar-refractivity contribution >= 4 is 5.91 Å². The van der Waals surface area contributed by atoms with Crippen molar-refractivity contribution in [2.45, 2.75) is 33.2 Å². The van der Waals surface area contributed by atoms with Gasteiger partial charge in [-0.3, -0.25) is 4.79 Å². The minimum absolute atomic E-state index is 0.116. The molecule has 1 atom stereocenters. The SMILES string of the molecule is CC(C)(C)CN1CC[C@H](N)C1=O. The van der Waals surface area contributed by atoms with E-state index < -0.39 is 0 Å². The molecule has 1 aliphatic heterocycles. The molecule has 0 aromatic heterocycles. The second-order valence-electron chi connectivity index (χ2n) is 4.72. The summed E-state index contributed by atoms with van der Waals surface area (Å²) in [5.41, 5.74) is 5.78. The Hall–Kier alpha value is -0.570. The molecule has 1 saturated heterocycles. The Kier molecular flexibility index (Phi) is 2.42. The van der Waals surface area contributed by atoms with Crippen molar-refractivity contribution in [3.63, 3.8) is 0 Å². The molecule has 1 rings (SSSR count). The van der Waals surface area contributed by atoms with Crippen molar-refractivity contribution in [2.24, 2.45) is 11.1 Å². The van der Waals surface area contributed by atoms with Crippen molar-refractivity contribution in [1.82, 2.24) is 4.90 Å². The lowest BCUT2D eigenvalue weighted by Crippen LogP contribution is -2.38. The standard InChI is InChI=1S/C9H18N2O/c1-9(2,3)6-11-5-4-7(10)8(11)12/h7H,4-6,10H2,1-3H3/t7-/m0/s1. The molecule has 1 amide bonds. The van der Waals surface area contributed by atoms with Gasteiger partial charge < -0.3 is 10.6 Å². The molecule has 0 unspecified atom stereocenters. The fourth-order valence-corrected chi connectivity index (χ4v) is 1.49. The van der Waals surface area contributed by atoms with Crippen molar-refractivity contribution in [2.75, 3.05) is 13.1 Å². The normalized spacial score (nSPS) is 25.2. The van der Waals surface area contributed by atoms with Gasteiger partial charge in [-0.25, -0.2) is 0 Å². The van der Waals surface area contributed by atoms with Gasteiger partial charge in [0.15, 0.2) is 0 Å². The molecule has 3 nitrogen and oxygen atoms in total. The third kappa shape index (κ3) is 2.21. The fourth-order valence-electron chi connectivity index (χ4n) is 1.49. The summed E-state index contributed by atoms with van der Waals surface area (Å²) in [6.45, 7) is 8.04. The molecule has 1 heterocycles. The lowest BCUT2D eigenvalue weighted by Gasteiger charge is -2.26. The van der Waals surface area contributed by atoms with Crippen LogP contribution < -0.4 is 5.73 Å². The van der Waals surface area contributed by atoms with E-state index in [1.54, 1.807) is 0 Å². The molecule has 0 aromatic carbocycles. The van der Waals surface area contributed by atoms with Crippen LogP contribution in [-0.4, -0.2) is 29.9 Å². The Bertz CT molecular complexity index is 183. The van der Waals surface area contributed by atoms with E-state index in [9.17, 15) is 4.79 Å². The Morgan fingerprint density at radius 3 is 2.50 bits per heavy atom. The number of hydrogen-bond acceptors (Lipinski definition) is 2. The number of hydrogen-bond donors (Lipinski definition) is 1. The molecule has 0 bridgehead atoms. The second-order valence-corrected chi connectivity index (χ2v) is 4.72. The summed E-state index contributed by atoms with van der Waals surface area (Å²) in [5.74, 6) is 0.116. The quantitative estimate of drug-likeness (QED) is 0.626. The van der Waals surface area contributed by atoms with Crippen LogP contribution in [0.5, 0.6) is 0 Å². The van der Waals surface area contributed by atoms with Gasteiger partial charge in [0.2, 0.25) is 5.91 Å². The van der Waals surface area contributed by atoms with Crippen LogP contribution in [0, 0.1) is 5.41 Å². The van der Waals surface area contributed by atoms with Gasteiger partial charge in [-0.15, -0.1) is 0 Å². The van der Waals surface area contributed by atoms with Gasteiger partial charge in [0.25, 0.3) is 0 Å². The highest BCUT2D eigenvalue weighted by molar-refractivity contribution is 5.83. The van der Waals surface area contributed by atoms with Gasteiger partial charge in [-0.2, -0.15) is 0 Å². The minimum atomic E-state index is -0.243. The summed E-state index contributed by atoms with van der Waals surface area (Å²) in [6, 6.07) is -0.243. The molecule has 0 aromatic rings. The van der Waals surface area contributed by atoms with Crippen LogP contribution in [-0.2, 0) is 4.79 Å². The zero-order valence-corrected chi connectivity index (χ0v) is 8.13. The highest BCUT2D eigenvalue weighted by Gasteiger charge is 2.30. The highest BCUT2D eigenvalue weighted by atomic mass is 16.2. The molecule has 0 spiro atoms. The van der Waals surface area contributed by atoms with E-state index in [1.165, 1.54) is 0 Å². The molecule has 0 radical (unpaired) electrons. The third-order valence-electron chi connectivity index (χ3n) is 2.00. The van der Waals surface area contributed by atoms with Gasteiger partial charge in [-0.1, -0.05) is 20.8 Å². The molecular weight excluding hydrogens is 152 g/mol. The number of amides is 1. The predicted octanol–water partition coefficient (Wildman–Crippen LogP) is 0.592. The lowest BCUT2D eigenvalue weighted by molar-refractivity contribution is -0.129. The third-order valence-corrected chi connectivity index (χ3v) is 2.00.